The summed E-state index contributed by atoms with van der Waals surface area (Å²) in [7, 11) is 0. The molecular formula is C16H20N2O2. The molecule has 2 aromatic rings. The smallest absolute Gasteiger partial charge is 0.253 e. The number of aliphatic hydroxyl groups excluding tert-OH is 1. The zero-order valence-electron chi connectivity index (χ0n) is 11.6. The van der Waals surface area contributed by atoms with Gasteiger partial charge in [0.1, 0.15) is 0 Å². The minimum atomic E-state index is -0.0875. The molecule has 0 aliphatic heterocycles. The van der Waals surface area contributed by atoms with Gasteiger partial charge in [0.2, 0.25) is 0 Å². The zero-order valence-corrected chi connectivity index (χ0v) is 11.6. The van der Waals surface area contributed by atoms with Gasteiger partial charge >= 0.3 is 0 Å². The maximum absolute atomic E-state index is 12.3. The predicted octanol–water partition coefficient (Wildman–Crippen LogP) is 2.57. The Labute approximate surface area is 118 Å². The monoisotopic (exact) mass is 272 g/mol. The van der Waals surface area contributed by atoms with E-state index in [1.165, 1.54) is 0 Å². The molecular weight excluding hydrogens is 252 g/mol. The highest BCUT2D eigenvalue weighted by Gasteiger charge is 2.16. The summed E-state index contributed by atoms with van der Waals surface area (Å²) < 4.78 is 0. The normalized spacial score (nSPS) is 12.1. The first-order valence-electron chi connectivity index (χ1n) is 6.83. The van der Waals surface area contributed by atoms with Gasteiger partial charge in [0.25, 0.3) is 5.91 Å². The second-order valence-corrected chi connectivity index (χ2v) is 4.82. The number of rotatable bonds is 6. The van der Waals surface area contributed by atoms with Gasteiger partial charge in [-0.1, -0.05) is 30.3 Å². The minimum absolute atomic E-state index is 0.0786. The molecule has 1 unspecified atom stereocenters. The number of benzene rings is 1. The molecule has 0 aliphatic rings. The number of hydrogen-bond donors (Lipinski definition) is 3. The van der Waals surface area contributed by atoms with E-state index in [1.54, 1.807) is 12.3 Å². The summed E-state index contributed by atoms with van der Waals surface area (Å²) in [6.07, 6.45) is 3.14. The minimum Gasteiger partial charge on any atom is -0.396 e. The fraction of sp³-hybridized carbons (Fsp3) is 0.312. The molecule has 1 heterocycles. The number of carbonyl (C=O) groups excluding carboxylic acids is 1. The van der Waals surface area contributed by atoms with Gasteiger partial charge < -0.3 is 15.4 Å². The number of amides is 1. The van der Waals surface area contributed by atoms with Crippen LogP contribution in [0, 0.1) is 6.92 Å². The van der Waals surface area contributed by atoms with Crippen LogP contribution in [0.4, 0.5) is 0 Å². The Morgan fingerprint density at radius 1 is 1.30 bits per heavy atom. The van der Waals surface area contributed by atoms with E-state index in [9.17, 15) is 4.79 Å². The highest BCUT2D eigenvalue weighted by atomic mass is 16.3. The van der Waals surface area contributed by atoms with Gasteiger partial charge in [0, 0.05) is 18.5 Å². The van der Waals surface area contributed by atoms with E-state index >= 15 is 0 Å². The molecule has 0 saturated carbocycles. The Morgan fingerprint density at radius 3 is 2.65 bits per heavy atom. The number of hydrogen-bond acceptors (Lipinski definition) is 2. The number of aromatic nitrogens is 1. The van der Waals surface area contributed by atoms with Gasteiger partial charge in [0.05, 0.1) is 11.6 Å². The van der Waals surface area contributed by atoms with Crippen LogP contribution in [-0.2, 0) is 0 Å². The van der Waals surface area contributed by atoms with Crippen molar-refractivity contribution >= 4 is 5.91 Å². The number of carbonyl (C=O) groups is 1. The van der Waals surface area contributed by atoms with Gasteiger partial charge in [-0.2, -0.15) is 0 Å². The van der Waals surface area contributed by atoms with Crippen LogP contribution in [0.2, 0.25) is 0 Å². The van der Waals surface area contributed by atoms with E-state index in [1.807, 2.05) is 37.3 Å². The standard InChI is InChI=1S/C16H20N2O2/c1-12-14(9-10-17-12)16(20)18-15(8-5-11-19)13-6-3-2-4-7-13/h2-4,6-7,9-10,15,17,19H,5,8,11H2,1H3,(H,18,20). The van der Waals surface area contributed by atoms with E-state index < -0.39 is 0 Å². The second-order valence-electron chi connectivity index (χ2n) is 4.82. The molecule has 106 valence electrons. The van der Waals surface area contributed by atoms with E-state index in [2.05, 4.69) is 10.3 Å². The lowest BCUT2D eigenvalue weighted by molar-refractivity contribution is 0.0932. The van der Waals surface area contributed by atoms with Crippen molar-refractivity contribution in [3.63, 3.8) is 0 Å². The van der Waals surface area contributed by atoms with Gasteiger partial charge in [-0.05, 0) is 31.4 Å². The van der Waals surface area contributed by atoms with Crippen molar-refractivity contribution in [1.29, 1.82) is 0 Å². The number of aromatic amines is 1. The van der Waals surface area contributed by atoms with Crippen LogP contribution in [0.3, 0.4) is 0 Å². The fourth-order valence-corrected chi connectivity index (χ4v) is 2.24. The second kappa shape index (κ2) is 6.91. The third-order valence-electron chi connectivity index (χ3n) is 3.36. The van der Waals surface area contributed by atoms with Crippen LogP contribution in [0.15, 0.2) is 42.6 Å². The van der Waals surface area contributed by atoms with E-state index in [4.69, 9.17) is 5.11 Å². The Bertz CT molecular complexity index is 549. The van der Waals surface area contributed by atoms with E-state index in [0.29, 0.717) is 12.0 Å². The average Bonchev–Trinajstić information content (AvgIpc) is 2.90. The highest BCUT2D eigenvalue weighted by molar-refractivity contribution is 5.95. The Balaban J connectivity index is 2.12. The van der Waals surface area contributed by atoms with Gasteiger partial charge in [-0.15, -0.1) is 0 Å². The Morgan fingerprint density at radius 2 is 2.05 bits per heavy atom. The largest absolute Gasteiger partial charge is 0.396 e. The van der Waals surface area contributed by atoms with Crippen LogP contribution in [0.25, 0.3) is 0 Å². The zero-order chi connectivity index (χ0) is 14.4. The molecule has 20 heavy (non-hydrogen) atoms. The number of nitrogens with one attached hydrogen (secondary N) is 2. The summed E-state index contributed by atoms with van der Waals surface area (Å²) in [5.41, 5.74) is 2.58. The fourth-order valence-electron chi connectivity index (χ4n) is 2.24. The summed E-state index contributed by atoms with van der Waals surface area (Å²) in [6, 6.07) is 11.5. The first-order valence-corrected chi connectivity index (χ1v) is 6.83. The SMILES string of the molecule is Cc1[nH]ccc1C(=O)NC(CCCO)c1ccccc1. The van der Waals surface area contributed by atoms with Crippen LogP contribution in [-0.4, -0.2) is 22.6 Å². The molecule has 0 bridgehead atoms. The van der Waals surface area contributed by atoms with Crippen molar-refractivity contribution in [1.82, 2.24) is 10.3 Å². The lowest BCUT2D eigenvalue weighted by Crippen LogP contribution is -2.29. The first-order chi connectivity index (χ1) is 9.72. The number of H-pyrrole nitrogens is 1. The molecule has 2 rings (SSSR count). The van der Waals surface area contributed by atoms with Gasteiger partial charge in [-0.3, -0.25) is 4.79 Å². The molecule has 0 aliphatic carbocycles. The maximum atomic E-state index is 12.3. The third-order valence-corrected chi connectivity index (χ3v) is 3.36. The molecule has 1 atom stereocenters. The van der Waals surface area contributed by atoms with Crippen molar-refractivity contribution in [2.75, 3.05) is 6.61 Å². The summed E-state index contributed by atoms with van der Waals surface area (Å²) in [6.45, 7) is 2.00. The third kappa shape index (κ3) is 3.48. The lowest BCUT2D eigenvalue weighted by Gasteiger charge is -2.19. The maximum Gasteiger partial charge on any atom is 0.253 e. The molecule has 0 spiro atoms. The van der Waals surface area contributed by atoms with Gasteiger partial charge in [-0.25, -0.2) is 0 Å². The van der Waals surface area contributed by atoms with Crippen LogP contribution in [0.5, 0.6) is 0 Å². The van der Waals surface area contributed by atoms with Crippen molar-refractivity contribution < 1.29 is 9.90 Å². The van der Waals surface area contributed by atoms with Crippen molar-refractivity contribution in [2.45, 2.75) is 25.8 Å². The molecule has 4 nitrogen and oxygen atoms in total. The summed E-state index contributed by atoms with van der Waals surface area (Å²) in [4.78, 5) is 15.3. The predicted molar refractivity (Wildman–Crippen MR) is 78.5 cm³/mol. The average molecular weight is 272 g/mol. The molecule has 4 heteroatoms. The molecule has 0 saturated heterocycles. The highest BCUT2D eigenvalue weighted by Crippen LogP contribution is 2.19. The molecule has 0 fully saturated rings. The van der Waals surface area contributed by atoms with Crippen LogP contribution < -0.4 is 5.32 Å². The van der Waals surface area contributed by atoms with E-state index in [0.717, 1.165) is 17.7 Å². The van der Waals surface area contributed by atoms with Crippen molar-refractivity contribution in [3.05, 3.63) is 59.4 Å². The van der Waals surface area contributed by atoms with Crippen molar-refractivity contribution in [3.8, 4) is 0 Å². The summed E-state index contributed by atoms with van der Waals surface area (Å²) in [5.74, 6) is -0.0875. The van der Waals surface area contributed by atoms with Crippen molar-refractivity contribution in [2.24, 2.45) is 0 Å². The molecule has 1 aromatic heterocycles. The summed E-state index contributed by atoms with van der Waals surface area (Å²) in [5, 5.41) is 12.0. The Hall–Kier alpha value is -2.07. The van der Waals surface area contributed by atoms with Gasteiger partial charge in [0.15, 0.2) is 0 Å². The van der Waals surface area contributed by atoms with E-state index in [-0.39, 0.29) is 18.6 Å². The Kier molecular flexibility index (Phi) is 4.96. The molecule has 1 amide bonds. The number of aryl methyl sites for hydroxylation is 1. The van der Waals surface area contributed by atoms with Crippen LogP contribution in [0.1, 0.15) is 40.5 Å². The first kappa shape index (κ1) is 14.3. The topological polar surface area (TPSA) is 65.1 Å². The summed E-state index contributed by atoms with van der Waals surface area (Å²) >= 11 is 0. The number of aliphatic hydroxyl groups is 1. The molecule has 1 aromatic carbocycles. The van der Waals surface area contributed by atoms with Crippen LogP contribution >= 0.6 is 0 Å². The lowest BCUT2D eigenvalue weighted by atomic mass is 10.0. The quantitative estimate of drug-likeness (QED) is 0.756. The molecule has 3 N–H and O–H groups in total. The molecule has 0 radical (unpaired) electrons.